The van der Waals surface area contributed by atoms with Gasteiger partial charge in [0.25, 0.3) is 0 Å². The molecular formula is C68H114N4O49. The van der Waals surface area contributed by atoms with Gasteiger partial charge in [0.05, 0.1) is 65.1 Å². The second kappa shape index (κ2) is 43.0. The van der Waals surface area contributed by atoms with Gasteiger partial charge >= 0.3 is 0 Å². The average molecular weight is 1770 g/mol. The number of carbonyl (C=O) groups excluding carboxylic acids is 4. The van der Waals surface area contributed by atoms with E-state index in [4.69, 9.17) is 90.0 Å². The van der Waals surface area contributed by atoms with Gasteiger partial charge in [-0.2, -0.15) is 0 Å². The predicted octanol–water partition coefficient (Wildman–Crippen LogP) is -20.2. The molecule has 10 aliphatic heterocycles. The molecule has 700 valence electrons. The van der Waals surface area contributed by atoms with Crippen LogP contribution in [0.25, 0.3) is 0 Å². The third-order valence-corrected chi connectivity index (χ3v) is 22.4. The molecule has 0 spiro atoms. The first-order chi connectivity index (χ1) is 57.2. The molecule has 0 aromatic heterocycles. The van der Waals surface area contributed by atoms with Crippen LogP contribution < -0.4 is 21.3 Å². The highest BCUT2D eigenvalue weighted by Crippen LogP contribution is 2.42. The Morgan fingerprint density at radius 3 is 1.00 bits per heavy atom. The summed E-state index contributed by atoms with van der Waals surface area (Å²) in [6.45, 7) is -2.80. The Morgan fingerprint density at radius 2 is 0.521 bits per heavy atom. The van der Waals surface area contributed by atoms with Crippen LogP contribution >= 0.6 is 0 Å². The van der Waals surface area contributed by atoms with E-state index >= 15 is 0 Å². The molecule has 10 saturated heterocycles. The molecule has 0 bridgehead atoms. The third-order valence-electron chi connectivity index (χ3n) is 22.4. The SMILES string of the molecule is CC(=O)N[C@@H]1[C@@H](O[C@@H]2O[C@@H](C)[C@@H](O)[C@@H](O)[C@@H]2O)[C@H](O[C@@H]2O[C@H](CO)[C@@H](O[C@@H]3O[C@H](CO[C@H]4O[C@H](CO)[C@@H](O)[C@H](O[C@H]5O[C@H](CO)[C@@H](O)[C@H](O)[C@@H]5O)[C@@H]4O)[C@@H](O)[C@H](O[C@H]4O[C@H](CO)[C@@H](O)[C@H](O)[C@@H]4O[C@@H]4O[C@H](CO)[C@@H](O[C@@H]5O[C@H](CO)[C@H](O)[C@H](O)[C@H]5NC(C)=O)[C@H](O[C@@H]5O[C@@H](C)[C@@H](O)[C@@H](O)[C@@H]5O)[C@H]4NC(C)=O)[C@@H]3O)[C@H](O)[C@H]2NC(C)=O)[C@@H](CO)O[C@H]1O. The number of nitrogens with one attached hydrogen (secondary N) is 4. The lowest BCUT2D eigenvalue weighted by Crippen LogP contribution is -2.72. The van der Waals surface area contributed by atoms with Gasteiger partial charge in [-0.3, -0.25) is 19.2 Å². The van der Waals surface area contributed by atoms with Gasteiger partial charge in [-0.05, 0) is 13.8 Å². The van der Waals surface area contributed by atoms with E-state index in [9.17, 15) is 152 Å². The Hall–Kier alpha value is -3.92. The van der Waals surface area contributed by atoms with E-state index in [0.29, 0.717) is 0 Å². The molecule has 0 saturated carbocycles. The Labute approximate surface area is 686 Å². The van der Waals surface area contributed by atoms with Crippen molar-refractivity contribution in [2.45, 2.75) is 348 Å². The summed E-state index contributed by atoms with van der Waals surface area (Å²) in [5.74, 6) is -3.74. The van der Waals surface area contributed by atoms with Crippen LogP contribution in [0.4, 0.5) is 0 Å². The summed E-state index contributed by atoms with van der Waals surface area (Å²) in [6, 6.07) is -7.63. The molecule has 4 amide bonds. The summed E-state index contributed by atoms with van der Waals surface area (Å²) < 4.78 is 114. The number of hydrogen-bond acceptors (Lipinski definition) is 49. The molecule has 0 aromatic rings. The lowest BCUT2D eigenvalue weighted by molar-refractivity contribution is -0.402. The van der Waals surface area contributed by atoms with Crippen molar-refractivity contribution in [2.24, 2.45) is 0 Å². The molecule has 53 nitrogen and oxygen atoms in total. The summed E-state index contributed by atoms with van der Waals surface area (Å²) in [4.78, 5) is 52.3. The Balaban J connectivity index is 1.01. The molecule has 0 aromatic carbocycles. The largest absolute Gasteiger partial charge is 0.394 e. The lowest BCUT2D eigenvalue weighted by Gasteiger charge is -2.52. The standard InChI is InChI=1S/C68H114N4O49/c1-15-33(84)42(93)46(97)64(104-15)117-54-31(71-19(5)82)59(102)106-26(12-78)52(54)115-61-30(70-18(4)81)41(92)51(25(11-77)111-61)114-67-50(101)57(39(90)28(113-67)14-103-63-49(100)56(38(89)24(10-76)108-63)119-66-48(99)44(95)36(87)22(8-74)109-66)120-68-58(45(96)37(88)23(9-75)110-68)121-62-32(72-20(6)83)55(118-65-47(98)43(94)34(85)16(2)105-65)53(27(13-79)112-62)116-60-29(69-17(3)80)40(91)35(86)21(7-73)107-60/h15-16,21-68,73-79,84-102H,7-14H2,1-6H3,(H,69,80)(H,70,81)(H,71,82)(H,72,83)/t15-,16-,21+,22+,23+,24+,25+,26+,27+,28+,29+,30+,31+,32+,33+,34+,35-,36+,37+,38+,39+,40+,41+,42+,43+,44-,45-,46-,47-,48-,49-,50-,51+,52+,53+,54+,55+,56-,57-,58-,59+,60-,61-,62-,63-,64-,65-,66+,67-,68+/m0/s1. The number of aliphatic hydroxyl groups excluding tert-OH is 26. The first-order valence-electron chi connectivity index (χ1n) is 38.9. The van der Waals surface area contributed by atoms with Crippen LogP contribution in [0.15, 0.2) is 0 Å². The Kier molecular flexibility index (Phi) is 35.3. The summed E-state index contributed by atoms with van der Waals surface area (Å²) in [6.07, 6.45) is -95.4. The fourth-order valence-corrected chi connectivity index (χ4v) is 15.8. The van der Waals surface area contributed by atoms with Gasteiger partial charge in [0, 0.05) is 27.7 Å². The van der Waals surface area contributed by atoms with Gasteiger partial charge in [0.2, 0.25) is 23.6 Å². The molecule has 121 heavy (non-hydrogen) atoms. The third kappa shape index (κ3) is 21.8. The first-order valence-corrected chi connectivity index (χ1v) is 38.9. The maximum absolute atomic E-state index is 13.6. The first kappa shape index (κ1) is 99.2. The second-order valence-corrected chi connectivity index (χ2v) is 30.9. The smallest absolute Gasteiger partial charge is 0.217 e. The van der Waals surface area contributed by atoms with Gasteiger partial charge in [-0.1, -0.05) is 0 Å². The maximum Gasteiger partial charge on any atom is 0.217 e. The van der Waals surface area contributed by atoms with Crippen LogP contribution in [0, 0.1) is 0 Å². The van der Waals surface area contributed by atoms with Gasteiger partial charge < -0.3 is 244 Å². The summed E-state index contributed by atoms with van der Waals surface area (Å²) >= 11 is 0. The van der Waals surface area contributed by atoms with Crippen LogP contribution in [-0.2, 0) is 109 Å². The van der Waals surface area contributed by atoms with E-state index < -0.39 is 383 Å². The van der Waals surface area contributed by atoms with Crippen molar-refractivity contribution < 1.29 is 242 Å². The zero-order valence-corrected chi connectivity index (χ0v) is 65.5. The quantitative estimate of drug-likeness (QED) is 0.0318. The summed E-state index contributed by atoms with van der Waals surface area (Å²) in [5, 5.41) is 301. The number of ether oxygens (including phenoxy) is 19. The van der Waals surface area contributed by atoms with Crippen molar-refractivity contribution >= 4 is 23.6 Å². The highest BCUT2D eigenvalue weighted by molar-refractivity contribution is 5.74. The molecule has 0 aliphatic carbocycles. The molecule has 10 fully saturated rings. The molecule has 30 N–H and O–H groups in total. The van der Waals surface area contributed by atoms with Crippen LogP contribution in [0.3, 0.4) is 0 Å². The van der Waals surface area contributed by atoms with Gasteiger partial charge in [0.15, 0.2) is 62.9 Å². The van der Waals surface area contributed by atoms with Crippen molar-refractivity contribution in [1.29, 1.82) is 0 Å². The lowest BCUT2D eigenvalue weighted by atomic mass is 9.93. The minimum atomic E-state index is -2.63. The highest BCUT2D eigenvalue weighted by Gasteiger charge is 2.62. The highest BCUT2D eigenvalue weighted by atomic mass is 16.8. The summed E-state index contributed by atoms with van der Waals surface area (Å²) in [7, 11) is 0. The van der Waals surface area contributed by atoms with Crippen molar-refractivity contribution in [2.75, 3.05) is 52.9 Å². The molecule has 53 heteroatoms. The number of amides is 4. The monoisotopic (exact) mass is 1770 g/mol. The number of rotatable bonds is 30. The van der Waals surface area contributed by atoms with E-state index in [0.717, 1.165) is 27.7 Å². The number of carbonyl (C=O) groups is 4. The number of hydrogen-bond donors (Lipinski definition) is 30. The fraction of sp³-hybridized carbons (Fsp3) is 0.941. The van der Waals surface area contributed by atoms with Crippen LogP contribution in [0.5, 0.6) is 0 Å². The Morgan fingerprint density at radius 1 is 0.231 bits per heavy atom. The molecule has 10 rings (SSSR count). The average Bonchev–Trinajstić information content (AvgIpc) is 0.760. The van der Waals surface area contributed by atoms with Crippen LogP contribution in [0.1, 0.15) is 41.5 Å². The van der Waals surface area contributed by atoms with Crippen molar-refractivity contribution in [3.05, 3.63) is 0 Å². The van der Waals surface area contributed by atoms with Crippen LogP contribution in [-0.4, -0.2) is 516 Å². The van der Waals surface area contributed by atoms with Crippen molar-refractivity contribution in [1.82, 2.24) is 21.3 Å². The predicted molar refractivity (Wildman–Crippen MR) is 373 cm³/mol. The minimum absolute atomic E-state index is 0.858. The van der Waals surface area contributed by atoms with Gasteiger partial charge in [0.1, 0.15) is 232 Å². The molecule has 10 heterocycles. The normalized spacial score (nSPS) is 50.0. The van der Waals surface area contributed by atoms with Crippen LogP contribution in [0.2, 0.25) is 0 Å². The van der Waals surface area contributed by atoms with E-state index in [1.54, 1.807) is 0 Å². The zero-order valence-electron chi connectivity index (χ0n) is 65.5. The van der Waals surface area contributed by atoms with E-state index in [2.05, 4.69) is 21.3 Å². The minimum Gasteiger partial charge on any atom is -0.394 e. The zero-order chi connectivity index (χ0) is 89.1. The summed E-state index contributed by atoms with van der Waals surface area (Å²) in [5.41, 5.74) is 0. The van der Waals surface area contributed by atoms with Crippen molar-refractivity contribution in [3.63, 3.8) is 0 Å². The van der Waals surface area contributed by atoms with E-state index in [1.165, 1.54) is 13.8 Å². The molecule has 0 radical (unpaired) electrons. The topological polar surface area (TPSA) is 818 Å². The van der Waals surface area contributed by atoms with E-state index in [-0.39, 0.29) is 0 Å². The molecular weight excluding hydrogens is 1660 g/mol. The Bertz CT molecular complexity index is 3270. The maximum atomic E-state index is 13.6. The molecule has 10 aliphatic rings. The second-order valence-electron chi connectivity index (χ2n) is 30.9. The molecule has 0 unspecified atom stereocenters. The molecule has 50 atom stereocenters. The van der Waals surface area contributed by atoms with Crippen molar-refractivity contribution in [3.8, 4) is 0 Å². The van der Waals surface area contributed by atoms with E-state index in [1.807, 2.05) is 0 Å². The fourth-order valence-electron chi connectivity index (χ4n) is 15.8. The van der Waals surface area contributed by atoms with Gasteiger partial charge in [-0.25, -0.2) is 0 Å². The number of aliphatic hydroxyl groups is 26. The van der Waals surface area contributed by atoms with Gasteiger partial charge in [-0.15, -0.1) is 0 Å².